The van der Waals surface area contributed by atoms with Gasteiger partial charge in [0, 0.05) is 5.56 Å². The number of benzene rings is 2. The topological polar surface area (TPSA) is 89.3 Å². The molecule has 0 spiro atoms. The van der Waals surface area contributed by atoms with Crippen LogP contribution in [0.2, 0.25) is 5.02 Å². The molecule has 0 radical (unpaired) electrons. The molecule has 0 aliphatic carbocycles. The number of halogens is 4. The summed E-state index contributed by atoms with van der Waals surface area (Å²) in [7, 11) is -4.00. The van der Waals surface area contributed by atoms with Crippen LogP contribution in [-0.2, 0) is 26.6 Å². The number of amides is 1. The van der Waals surface area contributed by atoms with E-state index in [9.17, 15) is 26.4 Å². The van der Waals surface area contributed by atoms with Crippen molar-refractivity contribution in [3.05, 3.63) is 70.1 Å². The Labute approximate surface area is 187 Å². The molecule has 0 saturated heterocycles. The number of aromatic nitrogens is 1. The predicted octanol–water partition coefficient (Wildman–Crippen LogP) is 5.18. The third kappa shape index (κ3) is 5.89. The predicted molar refractivity (Wildman–Crippen MR) is 114 cm³/mol. The van der Waals surface area contributed by atoms with Crippen LogP contribution in [0.4, 0.5) is 18.9 Å². The van der Waals surface area contributed by atoms with Gasteiger partial charge in [0.05, 0.1) is 27.7 Å². The van der Waals surface area contributed by atoms with Crippen molar-refractivity contribution in [2.45, 2.75) is 25.8 Å². The fourth-order valence-electron chi connectivity index (χ4n) is 2.82. The average Bonchev–Trinajstić information content (AvgIpc) is 3.02. The van der Waals surface area contributed by atoms with E-state index >= 15 is 0 Å². The smallest absolute Gasteiger partial charge is 0.416 e. The number of nitrogens with zero attached hydrogens (tertiary/aromatic N) is 1. The second-order valence-electron chi connectivity index (χ2n) is 7.16. The Kier molecular flexibility index (Phi) is 6.66. The number of sulfone groups is 1. The minimum Gasteiger partial charge on any atom is -0.441 e. The molecule has 3 aromatic rings. The van der Waals surface area contributed by atoms with Crippen LogP contribution in [0.25, 0.3) is 11.5 Å². The Morgan fingerprint density at radius 3 is 2.41 bits per heavy atom. The second kappa shape index (κ2) is 8.95. The second-order valence-corrected chi connectivity index (χ2v) is 9.63. The SMILES string of the molecule is Cc1ccc(-c2nc(CS(=O)(=O)CC(=O)Nc3cc(C(F)(F)F)ccc3Cl)c(C)o2)cc1. The molecule has 0 bridgehead atoms. The van der Waals surface area contributed by atoms with Crippen molar-refractivity contribution >= 4 is 33.0 Å². The summed E-state index contributed by atoms with van der Waals surface area (Å²) < 4.78 is 69.1. The van der Waals surface area contributed by atoms with Gasteiger partial charge < -0.3 is 9.73 Å². The molecule has 0 fully saturated rings. The monoisotopic (exact) mass is 486 g/mol. The number of carbonyl (C=O) groups excluding carboxylic acids is 1. The quantitative estimate of drug-likeness (QED) is 0.518. The van der Waals surface area contributed by atoms with E-state index in [4.69, 9.17) is 16.0 Å². The summed E-state index contributed by atoms with van der Waals surface area (Å²) in [6.45, 7) is 3.47. The van der Waals surface area contributed by atoms with Crippen molar-refractivity contribution in [2.24, 2.45) is 0 Å². The zero-order chi connectivity index (χ0) is 23.7. The lowest BCUT2D eigenvalue weighted by atomic mass is 10.1. The van der Waals surface area contributed by atoms with Crippen LogP contribution < -0.4 is 5.32 Å². The molecule has 11 heteroatoms. The summed E-state index contributed by atoms with van der Waals surface area (Å²) in [5.41, 5.74) is 0.486. The summed E-state index contributed by atoms with van der Waals surface area (Å²) in [6, 6.07) is 9.65. The minimum absolute atomic E-state index is 0.144. The van der Waals surface area contributed by atoms with E-state index in [1.807, 2.05) is 19.1 Å². The van der Waals surface area contributed by atoms with Crippen LogP contribution in [0.1, 0.15) is 22.6 Å². The van der Waals surface area contributed by atoms with Crippen LogP contribution in [-0.4, -0.2) is 25.1 Å². The van der Waals surface area contributed by atoms with E-state index in [1.165, 1.54) is 0 Å². The zero-order valence-corrected chi connectivity index (χ0v) is 18.5. The van der Waals surface area contributed by atoms with Gasteiger partial charge in [-0.3, -0.25) is 4.79 Å². The van der Waals surface area contributed by atoms with Gasteiger partial charge >= 0.3 is 6.18 Å². The first-order valence-corrected chi connectivity index (χ1v) is 11.4. The van der Waals surface area contributed by atoms with Gasteiger partial charge in [-0.1, -0.05) is 29.3 Å². The molecule has 0 aliphatic rings. The maximum Gasteiger partial charge on any atom is 0.416 e. The Morgan fingerprint density at radius 2 is 1.78 bits per heavy atom. The van der Waals surface area contributed by atoms with Gasteiger partial charge in [0.15, 0.2) is 9.84 Å². The number of alkyl halides is 3. The number of nitrogens with one attached hydrogen (secondary N) is 1. The lowest BCUT2D eigenvalue weighted by molar-refractivity contribution is -0.137. The van der Waals surface area contributed by atoms with Crippen molar-refractivity contribution in [3.8, 4) is 11.5 Å². The van der Waals surface area contributed by atoms with E-state index in [-0.39, 0.29) is 28.1 Å². The van der Waals surface area contributed by atoms with Crippen LogP contribution in [0.3, 0.4) is 0 Å². The molecule has 32 heavy (non-hydrogen) atoms. The molecule has 3 rings (SSSR count). The van der Waals surface area contributed by atoms with Crippen molar-refractivity contribution in [1.29, 1.82) is 0 Å². The number of aryl methyl sites for hydroxylation is 2. The lowest BCUT2D eigenvalue weighted by Crippen LogP contribution is -2.24. The third-order valence-corrected chi connectivity index (χ3v) is 6.21. The Bertz CT molecular complexity index is 1250. The van der Waals surface area contributed by atoms with Gasteiger partial charge in [0.2, 0.25) is 11.8 Å². The van der Waals surface area contributed by atoms with Gasteiger partial charge in [-0.15, -0.1) is 0 Å². The molecule has 0 saturated carbocycles. The molecule has 1 aromatic heterocycles. The molecular weight excluding hydrogens is 469 g/mol. The summed E-state index contributed by atoms with van der Waals surface area (Å²) in [4.78, 5) is 16.4. The van der Waals surface area contributed by atoms with E-state index in [1.54, 1.807) is 19.1 Å². The summed E-state index contributed by atoms with van der Waals surface area (Å²) >= 11 is 5.83. The van der Waals surface area contributed by atoms with E-state index in [0.29, 0.717) is 11.6 Å². The van der Waals surface area contributed by atoms with Crippen molar-refractivity contribution in [1.82, 2.24) is 4.98 Å². The molecule has 1 amide bonds. The molecule has 0 atom stereocenters. The van der Waals surface area contributed by atoms with Crippen LogP contribution in [0, 0.1) is 13.8 Å². The summed E-state index contributed by atoms with van der Waals surface area (Å²) in [6.07, 6.45) is -4.64. The maximum atomic E-state index is 12.9. The van der Waals surface area contributed by atoms with Crippen molar-refractivity contribution in [2.75, 3.05) is 11.1 Å². The van der Waals surface area contributed by atoms with E-state index in [0.717, 1.165) is 17.7 Å². The number of rotatable bonds is 6. The Morgan fingerprint density at radius 1 is 1.12 bits per heavy atom. The van der Waals surface area contributed by atoms with E-state index < -0.39 is 39.0 Å². The van der Waals surface area contributed by atoms with Crippen molar-refractivity contribution in [3.63, 3.8) is 0 Å². The molecular formula is C21H18ClF3N2O4S. The Balaban J connectivity index is 1.72. The highest BCUT2D eigenvalue weighted by atomic mass is 35.5. The number of hydrogen-bond donors (Lipinski definition) is 1. The molecule has 2 aromatic carbocycles. The highest BCUT2D eigenvalue weighted by Crippen LogP contribution is 2.34. The fraction of sp³-hybridized carbons (Fsp3) is 0.238. The number of hydrogen-bond acceptors (Lipinski definition) is 5. The van der Waals surface area contributed by atoms with Crippen LogP contribution in [0.15, 0.2) is 46.9 Å². The molecule has 0 aliphatic heterocycles. The van der Waals surface area contributed by atoms with Gasteiger partial charge in [0.1, 0.15) is 11.5 Å². The zero-order valence-electron chi connectivity index (χ0n) is 17.0. The molecule has 1 N–H and O–H groups in total. The van der Waals surface area contributed by atoms with Crippen molar-refractivity contribution < 1.29 is 30.8 Å². The lowest BCUT2D eigenvalue weighted by Gasteiger charge is -2.11. The summed E-state index contributed by atoms with van der Waals surface area (Å²) in [5, 5.41) is 1.97. The first-order chi connectivity index (χ1) is 14.8. The first-order valence-electron chi connectivity index (χ1n) is 9.24. The van der Waals surface area contributed by atoms with Gasteiger partial charge in [-0.2, -0.15) is 13.2 Å². The van der Waals surface area contributed by atoms with E-state index in [2.05, 4.69) is 10.3 Å². The molecule has 1 heterocycles. The van der Waals surface area contributed by atoms with Gasteiger partial charge in [-0.25, -0.2) is 13.4 Å². The first kappa shape index (κ1) is 23.8. The standard InChI is InChI=1S/C21H18ClF3N2O4S/c1-12-3-5-14(6-4-12)20-27-18(13(2)31-20)10-32(29,30)11-19(28)26-17-9-15(21(23,24)25)7-8-16(17)22/h3-9H,10-11H2,1-2H3,(H,26,28). The third-order valence-electron chi connectivity index (χ3n) is 4.47. The highest BCUT2D eigenvalue weighted by molar-refractivity contribution is 7.91. The van der Waals surface area contributed by atoms with Crippen LogP contribution >= 0.6 is 11.6 Å². The van der Waals surface area contributed by atoms with Gasteiger partial charge in [0.25, 0.3) is 0 Å². The maximum absolute atomic E-state index is 12.9. The number of carbonyl (C=O) groups is 1. The highest BCUT2D eigenvalue weighted by Gasteiger charge is 2.31. The van der Waals surface area contributed by atoms with Crippen LogP contribution in [0.5, 0.6) is 0 Å². The fourth-order valence-corrected chi connectivity index (χ4v) is 4.25. The Hall–Kier alpha value is -2.85. The number of anilines is 1. The van der Waals surface area contributed by atoms with Gasteiger partial charge in [-0.05, 0) is 44.2 Å². The molecule has 6 nitrogen and oxygen atoms in total. The number of oxazole rings is 1. The minimum atomic E-state index is -4.64. The largest absolute Gasteiger partial charge is 0.441 e. The summed E-state index contributed by atoms with van der Waals surface area (Å²) in [5.74, 6) is -2.03. The average molecular weight is 487 g/mol. The molecule has 170 valence electrons. The normalized spacial score (nSPS) is 12.1. The molecule has 0 unspecified atom stereocenters.